The summed E-state index contributed by atoms with van der Waals surface area (Å²) in [4.78, 5) is 11.2. The summed E-state index contributed by atoms with van der Waals surface area (Å²) in [7, 11) is 0. The lowest BCUT2D eigenvalue weighted by atomic mass is 9.83. The molecule has 5 heterocycles. The Hall–Kier alpha value is -2.51. The molecule has 3 aromatic heterocycles. The molecule has 0 atom stereocenters. The lowest BCUT2D eigenvalue weighted by Crippen LogP contribution is -2.47. The summed E-state index contributed by atoms with van der Waals surface area (Å²) in [6.07, 6.45) is 6.42. The van der Waals surface area contributed by atoms with Crippen LogP contribution in [0, 0.1) is 0 Å². The van der Waals surface area contributed by atoms with Gasteiger partial charge < -0.3 is 10.5 Å². The van der Waals surface area contributed by atoms with Crippen molar-refractivity contribution >= 4 is 11.5 Å². The Morgan fingerprint density at radius 1 is 1.19 bits per heavy atom. The molecule has 0 radical (unpaired) electrons. The van der Waals surface area contributed by atoms with E-state index in [0.717, 1.165) is 56.7 Å². The highest BCUT2D eigenvalue weighted by atomic mass is 16.5. The second-order valence-electron chi connectivity index (χ2n) is 7.16. The zero-order valence-electron chi connectivity index (χ0n) is 14.6. The van der Waals surface area contributed by atoms with Crippen LogP contribution in [0.2, 0.25) is 0 Å². The quantitative estimate of drug-likeness (QED) is 0.759. The Labute approximate surface area is 151 Å². The Balaban J connectivity index is 1.36. The van der Waals surface area contributed by atoms with Crippen molar-refractivity contribution in [2.75, 3.05) is 25.4 Å². The molecule has 0 amide bonds. The topological polar surface area (TPSA) is 81.6 Å². The van der Waals surface area contributed by atoms with Gasteiger partial charge in [0.25, 0.3) is 0 Å². The summed E-state index contributed by atoms with van der Waals surface area (Å²) < 4.78 is 8.27. The number of nitrogen functional groups attached to an aromatic ring is 1. The average Bonchev–Trinajstić information content (AvgIpc) is 3.14. The van der Waals surface area contributed by atoms with E-state index in [0.29, 0.717) is 5.95 Å². The molecule has 5 rings (SSSR count). The standard InChI is InChI=1S/C19H22N6O/c20-18-21-12-14-5-11-26-19(17(14)23-18)6-9-24(10-7-19)13-16-3-1-2-15-4-8-22-25(15)16/h1-4,8,12H,5-7,9-11,13H2,(H2,20,21,23). The van der Waals surface area contributed by atoms with Gasteiger partial charge in [0.2, 0.25) is 5.95 Å². The molecule has 2 N–H and O–H groups in total. The molecule has 0 unspecified atom stereocenters. The molecular weight excluding hydrogens is 328 g/mol. The van der Waals surface area contributed by atoms with Gasteiger partial charge in [-0.3, -0.25) is 4.90 Å². The lowest BCUT2D eigenvalue weighted by molar-refractivity contribution is -0.102. The van der Waals surface area contributed by atoms with Crippen LogP contribution in [0.1, 0.15) is 29.8 Å². The van der Waals surface area contributed by atoms with Crippen molar-refractivity contribution in [3.63, 3.8) is 0 Å². The van der Waals surface area contributed by atoms with E-state index in [4.69, 9.17) is 10.5 Å². The number of hydrogen-bond donors (Lipinski definition) is 1. The fourth-order valence-electron chi connectivity index (χ4n) is 4.23. The number of aromatic nitrogens is 4. The SMILES string of the molecule is Nc1ncc2c(n1)C1(CCN(Cc3cccc4ccnn34)CC1)OCC2. The first-order valence-corrected chi connectivity index (χ1v) is 9.13. The summed E-state index contributed by atoms with van der Waals surface area (Å²) in [5.74, 6) is 0.335. The number of likely N-dealkylation sites (tertiary alicyclic amines) is 1. The fraction of sp³-hybridized carbons (Fsp3) is 0.421. The van der Waals surface area contributed by atoms with Crippen molar-refractivity contribution in [1.82, 2.24) is 24.5 Å². The maximum atomic E-state index is 6.25. The fourth-order valence-corrected chi connectivity index (χ4v) is 4.23. The number of pyridine rings is 1. The van der Waals surface area contributed by atoms with Crippen molar-refractivity contribution in [2.45, 2.75) is 31.4 Å². The van der Waals surface area contributed by atoms with Crippen LogP contribution in [0.15, 0.2) is 36.7 Å². The second-order valence-corrected chi connectivity index (χ2v) is 7.16. The summed E-state index contributed by atoms with van der Waals surface area (Å²) in [6, 6.07) is 8.35. The highest BCUT2D eigenvalue weighted by Gasteiger charge is 2.42. The third-order valence-electron chi connectivity index (χ3n) is 5.61. The van der Waals surface area contributed by atoms with Crippen molar-refractivity contribution < 1.29 is 4.74 Å². The Bertz CT molecular complexity index is 944. The molecule has 0 aliphatic carbocycles. The molecule has 0 aromatic carbocycles. The molecule has 1 fully saturated rings. The van der Waals surface area contributed by atoms with Gasteiger partial charge in [-0.1, -0.05) is 6.07 Å². The maximum absolute atomic E-state index is 6.25. The van der Waals surface area contributed by atoms with E-state index in [1.54, 1.807) is 0 Å². The van der Waals surface area contributed by atoms with Gasteiger partial charge in [-0.05, 0) is 43.0 Å². The summed E-state index contributed by atoms with van der Waals surface area (Å²) >= 11 is 0. The first-order valence-electron chi connectivity index (χ1n) is 9.13. The van der Waals surface area contributed by atoms with Crippen molar-refractivity contribution in [3.05, 3.63) is 53.6 Å². The van der Waals surface area contributed by atoms with Gasteiger partial charge in [0.1, 0.15) is 5.60 Å². The molecule has 2 aliphatic heterocycles. The minimum Gasteiger partial charge on any atom is -0.368 e. The van der Waals surface area contributed by atoms with E-state index < -0.39 is 0 Å². The smallest absolute Gasteiger partial charge is 0.220 e. The zero-order valence-corrected chi connectivity index (χ0v) is 14.6. The van der Waals surface area contributed by atoms with E-state index in [9.17, 15) is 0 Å². The van der Waals surface area contributed by atoms with Gasteiger partial charge in [-0.25, -0.2) is 14.5 Å². The van der Waals surface area contributed by atoms with Crippen LogP contribution in [-0.2, 0) is 23.3 Å². The van der Waals surface area contributed by atoms with Gasteiger partial charge in [0.05, 0.1) is 23.5 Å². The van der Waals surface area contributed by atoms with Crippen molar-refractivity contribution in [1.29, 1.82) is 0 Å². The van der Waals surface area contributed by atoms with E-state index >= 15 is 0 Å². The minimum absolute atomic E-state index is 0.307. The molecule has 1 spiro atoms. The molecule has 134 valence electrons. The number of nitrogens with zero attached hydrogens (tertiary/aromatic N) is 5. The number of nitrogens with two attached hydrogens (primary N) is 1. The predicted molar refractivity (Wildman–Crippen MR) is 97.5 cm³/mol. The number of anilines is 1. The second kappa shape index (κ2) is 6.03. The molecule has 7 nitrogen and oxygen atoms in total. The van der Waals surface area contributed by atoms with Crippen molar-refractivity contribution in [2.24, 2.45) is 0 Å². The van der Waals surface area contributed by atoms with Crippen LogP contribution in [0.4, 0.5) is 5.95 Å². The van der Waals surface area contributed by atoms with Crippen LogP contribution in [0.3, 0.4) is 0 Å². The molecule has 26 heavy (non-hydrogen) atoms. The van der Waals surface area contributed by atoms with Gasteiger partial charge >= 0.3 is 0 Å². The number of piperidine rings is 1. The van der Waals surface area contributed by atoms with Gasteiger partial charge in [0.15, 0.2) is 0 Å². The van der Waals surface area contributed by atoms with Crippen LogP contribution in [0.25, 0.3) is 5.52 Å². The third kappa shape index (κ3) is 2.55. The predicted octanol–water partition coefficient (Wildman–Crippen LogP) is 1.77. The monoisotopic (exact) mass is 350 g/mol. The summed E-state index contributed by atoms with van der Waals surface area (Å²) in [5, 5.41) is 4.44. The summed E-state index contributed by atoms with van der Waals surface area (Å²) in [5.41, 5.74) is 10.1. The van der Waals surface area contributed by atoms with E-state index in [1.807, 2.05) is 23.0 Å². The Morgan fingerprint density at radius 3 is 2.96 bits per heavy atom. The molecule has 0 bridgehead atoms. The lowest BCUT2D eigenvalue weighted by Gasteiger charge is -2.44. The van der Waals surface area contributed by atoms with Gasteiger partial charge in [0, 0.05) is 32.0 Å². The number of rotatable bonds is 2. The number of ether oxygens (including phenoxy) is 1. The van der Waals surface area contributed by atoms with Gasteiger partial charge in [-0.15, -0.1) is 0 Å². The molecule has 1 saturated heterocycles. The largest absolute Gasteiger partial charge is 0.368 e. The first kappa shape index (κ1) is 15.7. The van der Waals surface area contributed by atoms with Gasteiger partial charge in [-0.2, -0.15) is 5.10 Å². The van der Waals surface area contributed by atoms with E-state index in [1.165, 1.54) is 11.3 Å². The molecule has 3 aromatic rings. The van der Waals surface area contributed by atoms with Crippen LogP contribution < -0.4 is 5.73 Å². The molecule has 0 saturated carbocycles. The zero-order chi connectivity index (χ0) is 17.6. The number of fused-ring (bicyclic) bond motifs is 3. The first-order chi connectivity index (χ1) is 12.7. The highest BCUT2D eigenvalue weighted by Crippen LogP contribution is 2.40. The van der Waals surface area contributed by atoms with Crippen molar-refractivity contribution in [3.8, 4) is 0 Å². The normalized spacial score (nSPS) is 19.7. The molecule has 2 aliphatic rings. The highest BCUT2D eigenvalue weighted by molar-refractivity contribution is 5.46. The molecular formula is C19H22N6O. The summed E-state index contributed by atoms with van der Waals surface area (Å²) in [6.45, 7) is 3.53. The minimum atomic E-state index is -0.307. The third-order valence-corrected chi connectivity index (χ3v) is 5.61. The average molecular weight is 350 g/mol. The Kier molecular flexibility index (Phi) is 3.65. The Morgan fingerprint density at radius 2 is 2.08 bits per heavy atom. The van der Waals surface area contributed by atoms with Crippen LogP contribution in [0.5, 0.6) is 0 Å². The van der Waals surface area contributed by atoms with E-state index in [2.05, 4.69) is 38.2 Å². The van der Waals surface area contributed by atoms with Crippen LogP contribution >= 0.6 is 0 Å². The maximum Gasteiger partial charge on any atom is 0.220 e. The van der Waals surface area contributed by atoms with E-state index in [-0.39, 0.29) is 5.60 Å². The molecule has 7 heteroatoms. The van der Waals surface area contributed by atoms with Crippen LogP contribution in [-0.4, -0.2) is 44.2 Å². The number of hydrogen-bond acceptors (Lipinski definition) is 6.